The predicted molar refractivity (Wildman–Crippen MR) is 126 cm³/mol. The Morgan fingerprint density at radius 3 is 2.56 bits per heavy atom. The van der Waals surface area contributed by atoms with Crippen molar-refractivity contribution in [2.24, 2.45) is 0 Å². The number of fused-ring (bicyclic) bond motifs is 1. The molecule has 2 N–H and O–H groups in total. The lowest BCUT2D eigenvalue weighted by Gasteiger charge is -2.30. The minimum atomic E-state index is -0.930. The van der Waals surface area contributed by atoms with Gasteiger partial charge in [-0.05, 0) is 74.5 Å². The van der Waals surface area contributed by atoms with Crippen LogP contribution in [-0.4, -0.2) is 32.6 Å². The van der Waals surface area contributed by atoms with Crippen LogP contribution in [0.3, 0.4) is 0 Å². The number of carboxylic acids is 1. The Morgan fingerprint density at radius 1 is 1.12 bits per heavy atom. The van der Waals surface area contributed by atoms with Gasteiger partial charge in [0.15, 0.2) is 5.11 Å². The zero-order valence-corrected chi connectivity index (χ0v) is 18.6. The van der Waals surface area contributed by atoms with Gasteiger partial charge in [0.2, 0.25) is 0 Å². The van der Waals surface area contributed by atoms with E-state index in [2.05, 4.69) is 5.32 Å². The Morgan fingerprint density at radius 2 is 1.88 bits per heavy atom. The first-order chi connectivity index (χ1) is 15.2. The molecule has 0 radical (unpaired) electrons. The van der Waals surface area contributed by atoms with E-state index in [0.29, 0.717) is 11.3 Å². The van der Waals surface area contributed by atoms with E-state index in [1.54, 1.807) is 35.9 Å². The van der Waals surface area contributed by atoms with Crippen molar-refractivity contribution in [2.45, 2.75) is 26.8 Å². The molecule has 7 nitrogen and oxygen atoms in total. The average molecular weight is 448 g/mol. The number of aryl methyl sites for hydroxylation is 2. The van der Waals surface area contributed by atoms with Crippen LogP contribution >= 0.6 is 12.2 Å². The Bertz CT molecular complexity index is 1340. The van der Waals surface area contributed by atoms with Crippen LogP contribution in [0.5, 0.6) is 0 Å². The molecule has 2 aromatic carbocycles. The van der Waals surface area contributed by atoms with Crippen LogP contribution in [0.2, 0.25) is 0 Å². The van der Waals surface area contributed by atoms with Crippen molar-refractivity contribution in [1.29, 1.82) is 0 Å². The molecule has 1 fully saturated rings. The highest BCUT2D eigenvalue weighted by Gasteiger charge is 2.35. The average Bonchev–Trinajstić information content (AvgIpc) is 3.15. The Hall–Kier alpha value is -3.78. The minimum Gasteiger partial charge on any atom is -0.480 e. The van der Waals surface area contributed by atoms with E-state index >= 15 is 0 Å². The number of aliphatic carboxylic acids is 1. The van der Waals surface area contributed by atoms with Gasteiger partial charge in [-0.15, -0.1) is 0 Å². The molecule has 1 aromatic heterocycles. The van der Waals surface area contributed by atoms with Crippen LogP contribution in [0.25, 0.3) is 17.0 Å². The van der Waals surface area contributed by atoms with Gasteiger partial charge in [-0.3, -0.25) is 19.8 Å². The topological polar surface area (TPSA) is 91.6 Å². The number of hydrogen-bond acceptors (Lipinski definition) is 4. The lowest BCUT2D eigenvalue weighted by atomic mass is 10.0. The molecule has 1 atom stereocenters. The van der Waals surface area contributed by atoms with E-state index in [4.69, 9.17) is 12.2 Å². The standard InChI is InChI=1S/C24H21N3O4S/c1-13-4-6-19(14(2)10-13)27-22(29)18(21(28)25-24(27)32)12-16-5-7-20-17(11-16)8-9-26(20)15(3)23(30)31/h4-12,15H,1-3H3,(H,30,31)(H,25,28,32)/b18-12+/t15-/m0/s1. The van der Waals surface area contributed by atoms with Crippen LogP contribution in [0.1, 0.15) is 29.7 Å². The maximum Gasteiger partial charge on any atom is 0.326 e. The van der Waals surface area contributed by atoms with E-state index in [-0.39, 0.29) is 10.7 Å². The highest BCUT2D eigenvalue weighted by molar-refractivity contribution is 7.80. The van der Waals surface area contributed by atoms with Gasteiger partial charge in [0.1, 0.15) is 11.6 Å². The molecule has 0 spiro atoms. The fraction of sp³-hybridized carbons (Fsp3) is 0.167. The molecule has 1 aliphatic heterocycles. The quantitative estimate of drug-likeness (QED) is 0.361. The van der Waals surface area contributed by atoms with Gasteiger partial charge < -0.3 is 9.67 Å². The number of amides is 2. The summed E-state index contributed by atoms with van der Waals surface area (Å²) in [6.45, 7) is 5.45. The van der Waals surface area contributed by atoms with Gasteiger partial charge in [0.05, 0.1) is 5.69 Å². The summed E-state index contributed by atoms with van der Waals surface area (Å²) in [4.78, 5) is 38.5. The van der Waals surface area contributed by atoms with E-state index in [9.17, 15) is 19.5 Å². The fourth-order valence-electron chi connectivity index (χ4n) is 3.83. The Kier molecular flexibility index (Phi) is 5.40. The third-order valence-corrected chi connectivity index (χ3v) is 5.81. The van der Waals surface area contributed by atoms with Gasteiger partial charge in [-0.25, -0.2) is 4.79 Å². The molecular formula is C24H21N3O4S. The molecule has 2 heterocycles. The molecule has 2 amide bonds. The summed E-state index contributed by atoms with van der Waals surface area (Å²) in [6, 6.07) is 12.1. The number of benzene rings is 2. The smallest absolute Gasteiger partial charge is 0.326 e. The first-order valence-electron chi connectivity index (χ1n) is 9.99. The second kappa shape index (κ2) is 8.05. The zero-order chi connectivity index (χ0) is 23.2. The zero-order valence-electron chi connectivity index (χ0n) is 17.7. The number of hydrogen-bond donors (Lipinski definition) is 2. The second-order valence-electron chi connectivity index (χ2n) is 7.80. The summed E-state index contributed by atoms with van der Waals surface area (Å²) >= 11 is 5.28. The largest absolute Gasteiger partial charge is 0.480 e. The molecule has 0 unspecified atom stereocenters. The van der Waals surface area contributed by atoms with Crippen molar-refractivity contribution < 1.29 is 19.5 Å². The first-order valence-corrected chi connectivity index (χ1v) is 10.4. The Labute approximate surface area is 189 Å². The lowest BCUT2D eigenvalue weighted by Crippen LogP contribution is -2.54. The third-order valence-electron chi connectivity index (χ3n) is 5.52. The van der Waals surface area contributed by atoms with Crippen LogP contribution in [-0.2, 0) is 14.4 Å². The highest BCUT2D eigenvalue weighted by Crippen LogP contribution is 2.27. The van der Waals surface area contributed by atoms with Crippen molar-refractivity contribution >= 4 is 57.8 Å². The van der Waals surface area contributed by atoms with Crippen LogP contribution in [0.4, 0.5) is 5.69 Å². The number of thiocarbonyl (C=S) groups is 1. The van der Waals surface area contributed by atoms with Gasteiger partial charge in [-0.1, -0.05) is 23.8 Å². The molecule has 32 heavy (non-hydrogen) atoms. The van der Waals surface area contributed by atoms with Crippen molar-refractivity contribution in [1.82, 2.24) is 9.88 Å². The molecule has 1 aliphatic rings. The summed E-state index contributed by atoms with van der Waals surface area (Å²) in [5.74, 6) is -1.98. The molecule has 4 rings (SSSR count). The molecular weight excluding hydrogens is 426 g/mol. The van der Waals surface area contributed by atoms with Gasteiger partial charge in [0.25, 0.3) is 11.8 Å². The molecule has 1 saturated heterocycles. The van der Waals surface area contributed by atoms with Crippen molar-refractivity contribution in [3.8, 4) is 0 Å². The lowest BCUT2D eigenvalue weighted by molar-refractivity contribution is -0.140. The number of anilines is 1. The maximum absolute atomic E-state index is 13.3. The normalized spacial score (nSPS) is 16.5. The number of carbonyl (C=O) groups is 3. The van der Waals surface area contributed by atoms with E-state index < -0.39 is 23.8 Å². The van der Waals surface area contributed by atoms with Crippen molar-refractivity contribution in [3.05, 3.63) is 70.9 Å². The number of aromatic nitrogens is 1. The number of rotatable bonds is 4. The molecule has 0 saturated carbocycles. The van der Waals surface area contributed by atoms with Crippen LogP contribution in [0, 0.1) is 13.8 Å². The van der Waals surface area contributed by atoms with Gasteiger partial charge >= 0.3 is 5.97 Å². The van der Waals surface area contributed by atoms with Crippen LogP contribution in [0.15, 0.2) is 54.2 Å². The minimum absolute atomic E-state index is 0.0312. The summed E-state index contributed by atoms with van der Waals surface area (Å²) in [6.07, 6.45) is 3.23. The summed E-state index contributed by atoms with van der Waals surface area (Å²) < 4.78 is 1.66. The number of carbonyl (C=O) groups excluding carboxylic acids is 2. The number of nitrogens with zero attached hydrogens (tertiary/aromatic N) is 2. The molecule has 0 bridgehead atoms. The molecule has 0 aliphatic carbocycles. The summed E-state index contributed by atoms with van der Waals surface area (Å²) in [5, 5.41) is 12.7. The third kappa shape index (κ3) is 3.69. The van der Waals surface area contributed by atoms with Crippen LogP contribution < -0.4 is 10.2 Å². The van der Waals surface area contributed by atoms with E-state index in [1.165, 1.54) is 11.0 Å². The van der Waals surface area contributed by atoms with Gasteiger partial charge in [-0.2, -0.15) is 0 Å². The molecule has 3 aromatic rings. The molecule has 8 heteroatoms. The van der Waals surface area contributed by atoms with Gasteiger partial charge in [0, 0.05) is 17.1 Å². The monoisotopic (exact) mass is 447 g/mol. The van der Waals surface area contributed by atoms with E-state index in [0.717, 1.165) is 22.0 Å². The predicted octanol–water partition coefficient (Wildman–Crippen LogP) is 3.74. The first kappa shape index (κ1) is 21.5. The van der Waals surface area contributed by atoms with Crippen molar-refractivity contribution in [3.63, 3.8) is 0 Å². The molecule has 162 valence electrons. The summed E-state index contributed by atoms with van der Waals surface area (Å²) in [5.41, 5.74) is 3.90. The van der Waals surface area contributed by atoms with Crippen molar-refractivity contribution in [2.75, 3.05) is 4.90 Å². The maximum atomic E-state index is 13.3. The SMILES string of the molecule is Cc1ccc(N2C(=O)/C(=C/c3ccc4c(ccn4[C@@H](C)C(=O)O)c3)C(=O)NC2=S)c(C)c1. The highest BCUT2D eigenvalue weighted by atomic mass is 32.1. The number of carboxylic acid groups (broad SMARTS) is 1. The summed E-state index contributed by atoms with van der Waals surface area (Å²) in [7, 11) is 0. The Balaban J connectivity index is 1.73. The fourth-order valence-corrected chi connectivity index (χ4v) is 4.10. The van der Waals surface area contributed by atoms with E-state index in [1.807, 2.05) is 38.1 Å². The second-order valence-corrected chi connectivity index (χ2v) is 8.19. The number of nitrogens with one attached hydrogen (secondary N) is 1.